The quantitative estimate of drug-likeness (QED) is 0.0541. The summed E-state index contributed by atoms with van der Waals surface area (Å²) in [4.78, 5) is 24.4. The number of hydrogen-bond acceptors (Lipinski definition) is 21. The lowest BCUT2D eigenvalue weighted by Gasteiger charge is -2.47. The molecule has 3 saturated heterocycles. The van der Waals surface area contributed by atoms with E-state index in [-0.39, 0.29) is 0 Å². The summed E-state index contributed by atoms with van der Waals surface area (Å²) in [6, 6.07) is -1.55. The fourth-order valence-electron chi connectivity index (χ4n) is 5.90. The van der Waals surface area contributed by atoms with Gasteiger partial charge in [0, 0.05) is 13.3 Å². The van der Waals surface area contributed by atoms with Crippen molar-refractivity contribution in [2.24, 2.45) is 0 Å². The van der Waals surface area contributed by atoms with Crippen LogP contribution >= 0.6 is 0 Å². The Bertz CT molecular complexity index is 1160. The second kappa shape index (κ2) is 19.8. The number of nitrogens with one attached hydrogen (secondary N) is 1. The number of alkyl halides is 1. The minimum atomic E-state index is -2.97. The third kappa shape index (κ3) is 10.7. The molecule has 0 aromatic heterocycles. The molecule has 3 heterocycles. The molecule has 3 aliphatic heterocycles. The van der Waals surface area contributed by atoms with Crippen LogP contribution in [0.25, 0.3) is 0 Å². The molecule has 23 nitrogen and oxygen atoms in total. The molecule has 310 valence electrons. The van der Waals surface area contributed by atoms with Gasteiger partial charge in [0.1, 0.15) is 73.2 Å². The van der Waals surface area contributed by atoms with Crippen LogP contribution in [0, 0.1) is 0 Å². The van der Waals surface area contributed by atoms with Gasteiger partial charge in [-0.3, -0.25) is 4.79 Å². The molecule has 24 heteroatoms. The minimum Gasteiger partial charge on any atom is -0.477 e. The second-order valence-electron chi connectivity index (χ2n) is 12.8. The maximum Gasteiger partial charge on any atom is 0.364 e. The van der Waals surface area contributed by atoms with Gasteiger partial charge in [0.05, 0.1) is 51.3 Å². The predicted octanol–water partition coefficient (Wildman–Crippen LogP) is -8.15. The van der Waals surface area contributed by atoms with Crippen molar-refractivity contribution in [2.75, 3.05) is 33.0 Å². The fraction of sp³-hybridized carbons (Fsp3) is 0.931. The Morgan fingerprint density at radius 2 is 1.53 bits per heavy atom. The first-order chi connectivity index (χ1) is 24.9. The number of carboxylic acids is 1. The predicted molar refractivity (Wildman–Crippen MR) is 162 cm³/mol. The van der Waals surface area contributed by atoms with Crippen LogP contribution in [0.1, 0.15) is 20.3 Å². The number of aliphatic hydroxyl groups is 12. The van der Waals surface area contributed by atoms with Gasteiger partial charge < -0.3 is 105 Å². The number of amides is 1. The van der Waals surface area contributed by atoms with Crippen LogP contribution in [0.15, 0.2) is 0 Å². The topological polar surface area (TPSA) is 374 Å². The standard InChI is InChI=1S/C29H50FNO22/c1-9(48-27-22(44)19(41)15(6-34)51-27)14(5-33)50-26(52-23-16(7-35)49-25(30)21(43)20(23)42)13(39)8-47-29(28(45)46)3-11(37)17(31-10(2)36)24(53-29)18(40)12(38)4-32/h9,11-27,32-35,37-44H,3-8H2,1-2H3,(H,31,36)(H,45,46)/t9-,11-,12-,13+,14?,15?,16?,17?,18-,19?,20?,21?,22?,23?,24?,25?,26?,27?,29-/m1/s1. The number of hydrogen-bond donors (Lipinski definition) is 14. The second-order valence-corrected chi connectivity index (χ2v) is 12.8. The Labute approximate surface area is 300 Å². The third-order valence-electron chi connectivity index (χ3n) is 8.95. The Morgan fingerprint density at radius 3 is 2.06 bits per heavy atom. The van der Waals surface area contributed by atoms with Crippen LogP contribution in [-0.4, -0.2) is 228 Å². The van der Waals surface area contributed by atoms with Gasteiger partial charge in [-0.05, 0) is 6.92 Å². The monoisotopic (exact) mass is 783 g/mol. The summed E-state index contributed by atoms with van der Waals surface area (Å²) in [5.74, 6) is -5.69. The van der Waals surface area contributed by atoms with Crippen molar-refractivity contribution in [1.29, 1.82) is 0 Å². The molecule has 0 aliphatic carbocycles. The first kappa shape index (κ1) is 45.5. The molecular weight excluding hydrogens is 733 g/mol. The van der Waals surface area contributed by atoms with E-state index in [9.17, 15) is 80.4 Å². The normalized spacial score (nSPS) is 39.8. The minimum absolute atomic E-state index is 0.702. The molecule has 3 fully saturated rings. The lowest BCUT2D eigenvalue weighted by Crippen LogP contribution is -2.68. The highest BCUT2D eigenvalue weighted by Crippen LogP contribution is 2.35. The van der Waals surface area contributed by atoms with Crippen LogP contribution in [0.2, 0.25) is 0 Å². The van der Waals surface area contributed by atoms with E-state index in [0.29, 0.717) is 0 Å². The van der Waals surface area contributed by atoms with Crippen molar-refractivity contribution >= 4 is 11.9 Å². The molecule has 14 N–H and O–H groups in total. The van der Waals surface area contributed by atoms with Crippen LogP contribution < -0.4 is 5.32 Å². The highest BCUT2D eigenvalue weighted by Gasteiger charge is 2.56. The number of carbonyl (C=O) groups excluding carboxylic acids is 1. The van der Waals surface area contributed by atoms with E-state index in [1.165, 1.54) is 6.92 Å². The summed E-state index contributed by atoms with van der Waals surface area (Å²) in [6.45, 7) is -2.67. The van der Waals surface area contributed by atoms with Gasteiger partial charge in [-0.2, -0.15) is 0 Å². The lowest BCUT2D eigenvalue weighted by molar-refractivity contribution is -0.342. The zero-order chi connectivity index (χ0) is 39.9. The first-order valence-corrected chi connectivity index (χ1v) is 16.5. The summed E-state index contributed by atoms with van der Waals surface area (Å²) in [6.07, 6.45) is -32.8. The Kier molecular flexibility index (Phi) is 17.0. The van der Waals surface area contributed by atoms with E-state index in [1.54, 1.807) is 0 Å². The number of carbonyl (C=O) groups is 2. The maximum absolute atomic E-state index is 14.2. The van der Waals surface area contributed by atoms with Gasteiger partial charge in [0.2, 0.25) is 12.3 Å². The number of rotatable bonds is 19. The van der Waals surface area contributed by atoms with E-state index in [4.69, 9.17) is 33.2 Å². The number of halogens is 1. The zero-order valence-electron chi connectivity index (χ0n) is 28.5. The van der Waals surface area contributed by atoms with Gasteiger partial charge in [0.25, 0.3) is 5.79 Å². The van der Waals surface area contributed by atoms with Gasteiger partial charge >= 0.3 is 5.97 Å². The van der Waals surface area contributed by atoms with Crippen molar-refractivity contribution in [2.45, 2.75) is 136 Å². The SMILES string of the molecule is CC(=O)NC1C([C@H](O)[C@H](O)CO)O[C@@](OC[C@H](O)C(OC2C(CO)OC(F)C(O)C2O)OC(CO)[C@@H](C)OC2OC(CO)C(O)C2O)(C(=O)O)C[C@H]1O. The van der Waals surface area contributed by atoms with Crippen LogP contribution in [0.5, 0.6) is 0 Å². The average molecular weight is 784 g/mol. The average Bonchev–Trinajstić information content (AvgIpc) is 3.39. The highest BCUT2D eigenvalue weighted by atomic mass is 19.1. The van der Waals surface area contributed by atoms with E-state index < -0.39 is 168 Å². The zero-order valence-corrected chi connectivity index (χ0v) is 28.5. The molecule has 0 spiro atoms. The molecule has 13 unspecified atom stereocenters. The first-order valence-electron chi connectivity index (χ1n) is 16.5. The lowest BCUT2D eigenvalue weighted by atomic mass is 9.88. The van der Waals surface area contributed by atoms with E-state index in [1.807, 2.05) is 0 Å². The van der Waals surface area contributed by atoms with Gasteiger partial charge in [-0.1, -0.05) is 0 Å². The summed E-state index contributed by atoms with van der Waals surface area (Å²) >= 11 is 0. The smallest absolute Gasteiger partial charge is 0.364 e. The highest BCUT2D eigenvalue weighted by molar-refractivity contribution is 5.76. The molecule has 0 saturated carbocycles. The summed E-state index contributed by atoms with van der Waals surface area (Å²) in [5.41, 5.74) is 0. The molecule has 3 aliphatic rings. The summed E-state index contributed by atoms with van der Waals surface area (Å²) < 4.78 is 52.0. The van der Waals surface area contributed by atoms with Crippen molar-refractivity contribution in [3.05, 3.63) is 0 Å². The largest absolute Gasteiger partial charge is 0.477 e. The number of aliphatic carboxylic acids is 1. The van der Waals surface area contributed by atoms with E-state index >= 15 is 0 Å². The van der Waals surface area contributed by atoms with Crippen molar-refractivity contribution in [3.8, 4) is 0 Å². The molecule has 0 bridgehead atoms. The van der Waals surface area contributed by atoms with Crippen molar-refractivity contribution in [3.63, 3.8) is 0 Å². The molecular formula is C29H50FNO22. The van der Waals surface area contributed by atoms with Crippen LogP contribution in [0.3, 0.4) is 0 Å². The van der Waals surface area contributed by atoms with Crippen molar-refractivity contribution < 1.29 is 114 Å². The van der Waals surface area contributed by atoms with Gasteiger partial charge in [-0.25, -0.2) is 9.18 Å². The third-order valence-corrected chi connectivity index (χ3v) is 8.95. The molecule has 3 rings (SSSR count). The summed E-state index contributed by atoms with van der Waals surface area (Å²) in [7, 11) is 0. The van der Waals surface area contributed by atoms with Crippen molar-refractivity contribution in [1.82, 2.24) is 5.32 Å². The van der Waals surface area contributed by atoms with E-state index in [0.717, 1.165) is 6.92 Å². The van der Waals surface area contributed by atoms with Gasteiger partial charge in [-0.15, -0.1) is 0 Å². The molecule has 0 radical (unpaired) electrons. The molecule has 0 aromatic rings. The molecule has 0 aromatic carbocycles. The van der Waals surface area contributed by atoms with Gasteiger partial charge in [0.15, 0.2) is 12.6 Å². The van der Waals surface area contributed by atoms with E-state index in [2.05, 4.69) is 5.32 Å². The van der Waals surface area contributed by atoms with Crippen LogP contribution in [-0.2, 0) is 42.7 Å². The molecule has 19 atom stereocenters. The number of ether oxygens (including phenoxy) is 7. The Hall–Kier alpha value is -1.89. The Morgan fingerprint density at radius 1 is 0.887 bits per heavy atom. The maximum atomic E-state index is 14.2. The number of aliphatic hydroxyl groups excluding tert-OH is 12. The van der Waals surface area contributed by atoms with Crippen LogP contribution in [0.4, 0.5) is 4.39 Å². The summed E-state index contributed by atoms with van der Waals surface area (Å²) in [5, 5.41) is 135. The molecule has 53 heavy (non-hydrogen) atoms. The fourth-order valence-corrected chi connectivity index (χ4v) is 5.90. The molecule has 1 amide bonds. The number of carboxylic acid groups (broad SMARTS) is 1. The Balaban J connectivity index is 1.91.